The van der Waals surface area contributed by atoms with E-state index in [1.807, 2.05) is 6.92 Å². The first-order chi connectivity index (χ1) is 7.67. The van der Waals surface area contributed by atoms with Gasteiger partial charge in [0.1, 0.15) is 5.82 Å². The minimum atomic E-state index is 0.291. The van der Waals surface area contributed by atoms with Crippen LogP contribution in [0.1, 0.15) is 18.9 Å². The summed E-state index contributed by atoms with van der Waals surface area (Å²) in [6.07, 6.45) is 2.65. The maximum absolute atomic E-state index is 5.26. The van der Waals surface area contributed by atoms with Crippen molar-refractivity contribution in [3.8, 4) is 0 Å². The van der Waals surface area contributed by atoms with Gasteiger partial charge in [-0.25, -0.2) is 10.8 Å². The van der Waals surface area contributed by atoms with Gasteiger partial charge in [0.25, 0.3) is 0 Å². The van der Waals surface area contributed by atoms with Crippen molar-refractivity contribution in [2.75, 3.05) is 24.5 Å². The van der Waals surface area contributed by atoms with Gasteiger partial charge in [0.15, 0.2) is 0 Å². The number of anilines is 2. The van der Waals surface area contributed by atoms with Crippen LogP contribution in [0.5, 0.6) is 0 Å². The molecule has 1 heterocycles. The highest BCUT2D eigenvalue weighted by Crippen LogP contribution is 2.13. The van der Waals surface area contributed by atoms with Gasteiger partial charge >= 0.3 is 0 Å². The summed E-state index contributed by atoms with van der Waals surface area (Å²) in [5.74, 6) is 6.46. The van der Waals surface area contributed by atoms with Crippen LogP contribution in [0.3, 0.4) is 0 Å². The zero-order valence-electron chi connectivity index (χ0n) is 9.95. The molecule has 6 nitrogen and oxygen atoms in total. The Morgan fingerprint density at radius 1 is 1.56 bits per heavy atom. The number of methoxy groups -OCH3 is 1. The Hall–Kier alpha value is -1.40. The van der Waals surface area contributed by atoms with Crippen LogP contribution in [0.15, 0.2) is 6.20 Å². The van der Waals surface area contributed by atoms with Crippen molar-refractivity contribution in [3.05, 3.63) is 11.8 Å². The number of rotatable bonds is 6. The second-order valence-electron chi connectivity index (χ2n) is 3.70. The van der Waals surface area contributed by atoms with E-state index in [4.69, 9.17) is 10.6 Å². The van der Waals surface area contributed by atoms with Crippen molar-refractivity contribution in [2.24, 2.45) is 5.84 Å². The van der Waals surface area contributed by atoms with Gasteiger partial charge in [0.2, 0.25) is 5.95 Å². The SMILES string of the molecule is COCCC(C)Nc1nc(NN)ncc1C. The molecular weight excluding hydrogens is 206 g/mol. The third-order valence-corrected chi connectivity index (χ3v) is 2.24. The Bertz CT molecular complexity index is 331. The number of nitrogens with two attached hydrogens (primary N) is 1. The topological polar surface area (TPSA) is 85.1 Å². The molecule has 0 saturated heterocycles. The maximum atomic E-state index is 5.26. The predicted molar refractivity (Wildman–Crippen MR) is 64.2 cm³/mol. The molecule has 0 aliphatic carbocycles. The molecule has 0 fully saturated rings. The molecule has 1 aromatic heterocycles. The molecule has 1 unspecified atom stereocenters. The molecule has 90 valence electrons. The first kappa shape index (κ1) is 12.7. The molecular formula is C10H19N5O. The second kappa shape index (κ2) is 6.24. The molecule has 4 N–H and O–H groups in total. The Balaban J connectivity index is 2.64. The number of nitrogen functional groups attached to an aromatic ring is 1. The Kier molecular flexibility index (Phi) is 4.94. The first-order valence-electron chi connectivity index (χ1n) is 5.23. The largest absolute Gasteiger partial charge is 0.385 e. The Morgan fingerprint density at radius 3 is 2.94 bits per heavy atom. The van der Waals surface area contributed by atoms with Crippen molar-refractivity contribution in [1.82, 2.24) is 9.97 Å². The molecule has 0 bridgehead atoms. The minimum Gasteiger partial charge on any atom is -0.385 e. The normalized spacial score (nSPS) is 12.2. The van der Waals surface area contributed by atoms with Gasteiger partial charge in [0, 0.05) is 31.5 Å². The maximum Gasteiger partial charge on any atom is 0.239 e. The average Bonchev–Trinajstić information content (AvgIpc) is 2.29. The number of aryl methyl sites for hydroxylation is 1. The first-order valence-corrected chi connectivity index (χ1v) is 5.23. The van der Waals surface area contributed by atoms with E-state index >= 15 is 0 Å². The van der Waals surface area contributed by atoms with Gasteiger partial charge in [0.05, 0.1) is 0 Å². The van der Waals surface area contributed by atoms with Crippen LogP contribution in [0, 0.1) is 6.92 Å². The van der Waals surface area contributed by atoms with E-state index in [-0.39, 0.29) is 0 Å². The number of hydrogen-bond acceptors (Lipinski definition) is 6. The summed E-state index contributed by atoms with van der Waals surface area (Å²) in [6, 6.07) is 0.291. The van der Waals surface area contributed by atoms with Crippen molar-refractivity contribution in [3.63, 3.8) is 0 Å². The molecule has 0 radical (unpaired) electrons. The number of nitrogens with one attached hydrogen (secondary N) is 2. The summed E-state index contributed by atoms with van der Waals surface area (Å²) in [5, 5.41) is 3.29. The lowest BCUT2D eigenvalue weighted by Gasteiger charge is -2.15. The summed E-state index contributed by atoms with van der Waals surface area (Å²) >= 11 is 0. The van der Waals surface area contributed by atoms with Crippen LogP contribution < -0.4 is 16.6 Å². The van der Waals surface area contributed by atoms with Gasteiger partial charge in [-0.3, -0.25) is 5.43 Å². The fourth-order valence-electron chi connectivity index (χ4n) is 1.26. The molecule has 0 aromatic carbocycles. The lowest BCUT2D eigenvalue weighted by molar-refractivity contribution is 0.191. The van der Waals surface area contributed by atoms with Gasteiger partial charge < -0.3 is 10.1 Å². The molecule has 1 rings (SSSR count). The number of hydrogen-bond donors (Lipinski definition) is 3. The van der Waals surface area contributed by atoms with E-state index in [0.29, 0.717) is 12.0 Å². The van der Waals surface area contributed by atoms with E-state index in [2.05, 4.69) is 27.6 Å². The van der Waals surface area contributed by atoms with E-state index in [9.17, 15) is 0 Å². The van der Waals surface area contributed by atoms with Crippen LogP contribution in [-0.2, 0) is 4.74 Å². The van der Waals surface area contributed by atoms with Crippen LogP contribution in [-0.4, -0.2) is 29.7 Å². The zero-order chi connectivity index (χ0) is 12.0. The number of nitrogens with zero attached hydrogens (tertiary/aromatic N) is 2. The quantitative estimate of drug-likeness (QED) is 0.493. The highest BCUT2D eigenvalue weighted by Gasteiger charge is 2.06. The van der Waals surface area contributed by atoms with Crippen LogP contribution in [0.2, 0.25) is 0 Å². The van der Waals surface area contributed by atoms with Gasteiger partial charge in [-0.2, -0.15) is 4.98 Å². The Morgan fingerprint density at radius 2 is 2.31 bits per heavy atom. The van der Waals surface area contributed by atoms with Gasteiger partial charge in [-0.1, -0.05) is 0 Å². The minimum absolute atomic E-state index is 0.291. The second-order valence-corrected chi connectivity index (χ2v) is 3.70. The number of aromatic nitrogens is 2. The fourth-order valence-corrected chi connectivity index (χ4v) is 1.26. The Labute approximate surface area is 95.6 Å². The van der Waals surface area contributed by atoms with E-state index < -0.39 is 0 Å². The summed E-state index contributed by atoms with van der Waals surface area (Å²) in [7, 11) is 1.69. The molecule has 16 heavy (non-hydrogen) atoms. The molecule has 0 aliphatic rings. The highest BCUT2D eigenvalue weighted by atomic mass is 16.5. The van der Waals surface area contributed by atoms with Crippen molar-refractivity contribution in [2.45, 2.75) is 26.3 Å². The van der Waals surface area contributed by atoms with Crippen molar-refractivity contribution in [1.29, 1.82) is 0 Å². The van der Waals surface area contributed by atoms with Gasteiger partial charge in [-0.05, 0) is 20.3 Å². The number of hydrazine groups is 1. The summed E-state index contributed by atoms with van der Waals surface area (Å²) in [4.78, 5) is 8.25. The molecule has 1 atom stereocenters. The van der Waals surface area contributed by atoms with Crippen LogP contribution in [0.4, 0.5) is 11.8 Å². The molecule has 1 aromatic rings. The highest BCUT2D eigenvalue weighted by molar-refractivity contribution is 5.46. The van der Waals surface area contributed by atoms with Gasteiger partial charge in [-0.15, -0.1) is 0 Å². The summed E-state index contributed by atoms with van der Waals surface area (Å²) in [5.41, 5.74) is 3.41. The van der Waals surface area contributed by atoms with E-state index in [0.717, 1.165) is 24.4 Å². The standard InChI is InChI=1S/C10H19N5O/c1-7-6-12-10(15-11)14-9(7)13-8(2)4-5-16-3/h6,8H,4-5,11H2,1-3H3,(H2,12,13,14,15). The number of ether oxygens (including phenoxy) is 1. The van der Waals surface area contributed by atoms with Crippen molar-refractivity contribution < 1.29 is 4.74 Å². The van der Waals surface area contributed by atoms with Crippen LogP contribution in [0.25, 0.3) is 0 Å². The summed E-state index contributed by atoms with van der Waals surface area (Å²) < 4.78 is 5.02. The molecule has 0 amide bonds. The monoisotopic (exact) mass is 225 g/mol. The summed E-state index contributed by atoms with van der Waals surface area (Å²) in [6.45, 7) is 4.75. The van der Waals surface area contributed by atoms with Crippen molar-refractivity contribution >= 4 is 11.8 Å². The smallest absolute Gasteiger partial charge is 0.239 e. The zero-order valence-corrected chi connectivity index (χ0v) is 9.95. The van der Waals surface area contributed by atoms with E-state index in [1.54, 1.807) is 13.3 Å². The molecule has 6 heteroatoms. The lowest BCUT2D eigenvalue weighted by atomic mass is 10.2. The third kappa shape index (κ3) is 3.63. The predicted octanol–water partition coefficient (Wildman–Crippen LogP) is 0.908. The third-order valence-electron chi connectivity index (χ3n) is 2.24. The van der Waals surface area contributed by atoms with Crippen LogP contribution >= 0.6 is 0 Å². The molecule has 0 spiro atoms. The fraction of sp³-hybridized carbons (Fsp3) is 0.600. The average molecular weight is 225 g/mol. The lowest BCUT2D eigenvalue weighted by Crippen LogP contribution is -2.20. The molecule has 0 aliphatic heterocycles. The molecule has 0 saturated carbocycles. The van der Waals surface area contributed by atoms with E-state index in [1.165, 1.54) is 0 Å².